The molecule has 90 valence electrons. The summed E-state index contributed by atoms with van der Waals surface area (Å²) < 4.78 is 21.0. The fraction of sp³-hybridized carbons (Fsp3) is 0.182. The highest BCUT2D eigenvalue weighted by atomic mass is 79.9. The average molecular weight is 300 g/mol. The molecule has 2 N–H and O–H groups in total. The van der Waals surface area contributed by atoms with Gasteiger partial charge >= 0.3 is 0 Å². The Balaban J connectivity index is 2.50. The smallest absolute Gasteiger partial charge is 0.167 e. The van der Waals surface area contributed by atoms with Crippen LogP contribution in [0.5, 0.6) is 5.75 Å². The lowest BCUT2D eigenvalue weighted by molar-refractivity contribution is 0.321. The lowest BCUT2D eigenvalue weighted by Crippen LogP contribution is -2.03. The van der Waals surface area contributed by atoms with Gasteiger partial charge in [0.2, 0.25) is 0 Å². The summed E-state index contributed by atoms with van der Waals surface area (Å²) >= 11 is 3.29. The Morgan fingerprint density at radius 2 is 2.29 bits per heavy atom. The molecule has 1 aromatic heterocycles. The lowest BCUT2D eigenvalue weighted by Gasteiger charge is -2.10. The van der Waals surface area contributed by atoms with Gasteiger partial charge in [-0.1, -0.05) is 0 Å². The highest BCUT2D eigenvalue weighted by molar-refractivity contribution is 9.10. The summed E-state index contributed by atoms with van der Waals surface area (Å²) in [4.78, 5) is 0. The van der Waals surface area contributed by atoms with Gasteiger partial charge in [0, 0.05) is 18.3 Å². The second kappa shape index (κ2) is 4.75. The van der Waals surface area contributed by atoms with E-state index in [1.165, 1.54) is 12.1 Å². The topological polar surface area (TPSA) is 53.1 Å². The van der Waals surface area contributed by atoms with Crippen molar-refractivity contribution in [3.8, 4) is 11.4 Å². The predicted molar refractivity (Wildman–Crippen MR) is 66.8 cm³/mol. The normalized spacial score (nSPS) is 10.5. The number of halogens is 2. The van der Waals surface area contributed by atoms with Crippen molar-refractivity contribution in [2.24, 2.45) is 0 Å². The molecular formula is C11H11BrFN3O. The molecule has 0 aliphatic carbocycles. The summed E-state index contributed by atoms with van der Waals surface area (Å²) in [7, 11) is 0. The Labute approximate surface area is 106 Å². The van der Waals surface area contributed by atoms with Crippen LogP contribution in [0.15, 0.2) is 29.0 Å². The molecule has 2 rings (SSSR count). The molecule has 0 bridgehead atoms. The van der Waals surface area contributed by atoms with Crippen molar-refractivity contribution >= 4 is 21.6 Å². The van der Waals surface area contributed by atoms with Crippen LogP contribution >= 0.6 is 15.9 Å². The molecule has 0 fully saturated rings. The number of anilines is 1. The molecule has 0 aliphatic heterocycles. The van der Waals surface area contributed by atoms with E-state index >= 15 is 0 Å². The van der Waals surface area contributed by atoms with Gasteiger partial charge in [-0.05, 0) is 22.9 Å². The van der Waals surface area contributed by atoms with Gasteiger partial charge in [0.05, 0.1) is 28.7 Å². The minimum atomic E-state index is -0.473. The van der Waals surface area contributed by atoms with Crippen molar-refractivity contribution in [3.05, 3.63) is 34.8 Å². The first kappa shape index (κ1) is 11.9. The molecule has 2 aromatic rings. The Morgan fingerprint density at radius 1 is 1.53 bits per heavy atom. The van der Waals surface area contributed by atoms with Crippen molar-refractivity contribution in [3.63, 3.8) is 0 Å². The number of hydrogen-bond acceptors (Lipinski definition) is 3. The van der Waals surface area contributed by atoms with E-state index in [9.17, 15) is 4.39 Å². The van der Waals surface area contributed by atoms with Gasteiger partial charge < -0.3 is 10.5 Å². The summed E-state index contributed by atoms with van der Waals surface area (Å²) in [6.07, 6.45) is 3.36. The Bertz CT molecular complexity index is 542. The molecule has 0 saturated carbocycles. The monoisotopic (exact) mass is 299 g/mol. The third-order valence-corrected chi connectivity index (χ3v) is 2.59. The van der Waals surface area contributed by atoms with E-state index in [1.807, 2.05) is 0 Å². The fourth-order valence-electron chi connectivity index (χ4n) is 1.46. The molecule has 0 atom stereocenters. The molecule has 0 spiro atoms. The van der Waals surface area contributed by atoms with Crippen LogP contribution < -0.4 is 10.5 Å². The summed E-state index contributed by atoms with van der Waals surface area (Å²) in [5.41, 5.74) is 6.65. The van der Waals surface area contributed by atoms with Crippen LogP contribution in [-0.4, -0.2) is 16.4 Å². The molecule has 4 nitrogen and oxygen atoms in total. The van der Waals surface area contributed by atoms with Crippen molar-refractivity contribution in [1.29, 1.82) is 0 Å². The number of hydrogen-bond donors (Lipinski definition) is 1. The van der Waals surface area contributed by atoms with Crippen molar-refractivity contribution < 1.29 is 9.13 Å². The second-order valence-electron chi connectivity index (χ2n) is 3.38. The third kappa shape index (κ3) is 2.41. The minimum Gasteiger partial charge on any atom is -0.491 e. The number of rotatable bonds is 3. The zero-order chi connectivity index (χ0) is 12.4. The first-order chi connectivity index (χ1) is 8.11. The average Bonchev–Trinajstić information content (AvgIpc) is 2.69. The quantitative estimate of drug-likeness (QED) is 0.887. The summed E-state index contributed by atoms with van der Waals surface area (Å²) in [5, 5.41) is 4.09. The molecular weight excluding hydrogens is 289 g/mol. The van der Waals surface area contributed by atoms with Gasteiger partial charge in [-0.15, -0.1) is 0 Å². The Morgan fingerprint density at radius 3 is 2.88 bits per heavy atom. The van der Waals surface area contributed by atoms with Gasteiger partial charge in [-0.3, -0.25) is 0 Å². The Kier molecular flexibility index (Phi) is 3.33. The number of aromatic nitrogens is 2. The first-order valence-electron chi connectivity index (χ1n) is 5.04. The highest BCUT2D eigenvalue weighted by Crippen LogP contribution is 2.27. The van der Waals surface area contributed by atoms with Crippen LogP contribution in [0.3, 0.4) is 0 Å². The molecule has 1 heterocycles. The van der Waals surface area contributed by atoms with Crippen LogP contribution in [0.1, 0.15) is 6.92 Å². The van der Waals surface area contributed by atoms with E-state index in [1.54, 1.807) is 24.0 Å². The van der Waals surface area contributed by atoms with Crippen LogP contribution in [0, 0.1) is 5.82 Å². The van der Waals surface area contributed by atoms with Gasteiger partial charge in [0.25, 0.3) is 0 Å². The summed E-state index contributed by atoms with van der Waals surface area (Å²) in [6.45, 7) is 2.18. The molecule has 0 amide bonds. The minimum absolute atomic E-state index is 0.170. The maximum atomic E-state index is 13.5. The number of nitrogens with two attached hydrogens (primary N) is 1. The molecule has 17 heavy (non-hydrogen) atoms. The molecule has 1 aromatic carbocycles. The zero-order valence-corrected chi connectivity index (χ0v) is 10.7. The number of nitrogen functional groups attached to an aromatic ring is 1. The van der Waals surface area contributed by atoms with Crippen LogP contribution in [-0.2, 0) is 0 Å². The van der Waals surface area contributed by atoms with Gasteiger partial charge in [0.15, 0.2) is 11.6 Å². The van der Waals surface area contributed by atoms with Crippen LogP contribution in [0.2, 0.25) is 0 Å². The molecule has 0 saturated heterocycles. The number of ether oxygens (including phenoxy) is 1. The standard InChI is InChI=1S/C11H11BrFN3O/c1-2-17-11-4-10(9(14)3-8(11)13)16-6-7(12)5-15-16/h3-6H,2,14H2,1H3. The lowest BCUT2D eigenvalue weighted by atomic mass is 10.2. The summed E-state index contributed by atoms with van der Waals surface area (Å²) in [6, 6.07) is 2.77. The van der Waals surface area contributed by atoms with E-state index < -0.39 is 5.82 Å². The Hall–Kier alpha value is -1.56. The van der Waals surface area contributed by atoms with Crippen molar-refractivity contribution in [1.82, 2.24) is 9.78 Å². The van der Waals surface area contributed by atoms with Gasteiger partial charge in [-0.2, -0.15) is 5.10 Å². The molecule has 6 heteroatoms. The maximum absolute atomic E-state index is 13.5. The van der Waals surface area contributed by atoms with Crippen molar-refractivity contribution in [2.45, 2.75) is 6.92 Å². The van der Waals surface area contributed by atoms with E-state index in [2.05, 4.69) is 21.0 Å². The molecule has 0 unspecified atom stereocenters. The van der Waals surface area contributed by atoms with Crippen LogP contribution in [0.4, 0.5) is 10.1 Å². The van der Waals surface area contributed by atoms with E-state index in [-0.39, 0.29) is 5.75 Å². The first-order valence-corrected chi connectivity index (χ1v) is 5.83. The highest BCUT2D eigenvalue weighted by Gasteiger charge is 2.11. The van der Waals surface area contributed by atoms with E-state index in [0.717, 1.165) is 4.47 Å². The second-order valence-corrected chi connectivity index (χ2v) is 4.29. The van der Waals surface area contributed by atoms with E-state index in [0.29, 0.717) is 18.0 Å². The van der Waals surface area contributed by atoms with Gasteiger partial charge in [-0.25, -0.2) is 9.07 Å². The predicted octanol–water partition coefficient (Wildman–Crippen LogP) is 2.75. The number of benzene rings is 1. The summed E-state index contributed by atoms with van der Waals surface area (Å²) in [5.74, 6) is -0.303. The number of nitrogens with zero attached hydrogens (tertiary/aromatic N) is 2. The van der Waals surface area contributed by atoms with Crippen molar-refractivity contribution in [2.75, 3.05) is 12.3 Å². The van der Waals surface area contributed by atoms with Crippen LogP contribution in [0.25, 0.3) is 5.69 Å². The van der Waals surface area contributed by atoms with Gasteiger partial charge in [0.1, 0.15) is 0 Å². The van der Waals surface area contributed by atoms with E-state index in [4.69, 9.17) is 10.5 Å². The SMILES string of the molecule is CCOc1cc(-n2cc(Br)cn2)c(N)cc1F. The molecule has 0 aliphatic rings. The largest absolute Gasteiger partial charge is 0.491 e. The fourth-order valence-corrected chi connectivity index (χ4v) is 1.74. The maximum Gasteiger partial charge on any atom is 0.167 e. The third-order valence-electron chi connectivity index (χ3n) is 2.18. The zero-order valence-electron chi connectivity index (χ0n) is 9.15. The molecule has 0 radical (unpaired) electrons.